The highest BCUT2D eigenvalue weighted by atomic mass is 16.5. The highest BCUT2D eigenvalue weighted by molar-refractivity contribution is 5.99. The molecule has 0 amide bonds. The van der Waals surface area contributed by atoms with Gasteiger partial charge in [-0.1, -0.05) is 0 Å². The zero-order chi connectivity index (χ0) is 13.7. The highest BCUT2D eigenvalue weighted by Crippen LogP contribution is 2.19. The summed E-state index contributed by atoms with van der Waals surface area (Å²) in [6, 6.07) is 4.51. The summed E-state index contributed by atoms with van der Waals surface area (Å²) in [6.45, 7) is 5.26. The smallest absolute Gasteiger partial charge is 0.328 e. The van der Waals surface area contributed by atoms with Crippen LogP contribution < -0.4 is 11.1 Å². The van der Waals surface area contributed by atoms with Crippen molar-refractivity contribution in [3.63, 3.8) is 0 Å². The first kappa shape index (κ1) is 14.0. The molecular weight excluding hydrogens is 232 g/mol. The van der Waals surface area contributed by atoms with Crippen LogP contribution in [-0.2, 0) is 9.53 Å². The monoisotopic (exact) mass is 250 g/mol. The number of ether oxygens (including phenoxy) is 1. The summed E-state index contributed by atoms with van der Waals surface area (Å²) in [5, 5.41) is 2.97. The quantitative estimate of drug-likeness (QED) is 0.473. The maximum absolute atomic E-state index is 11.4. The molecule has 0 aliphatic carbocycles. The molecule has 5 heteroatoms. The third kappa shape index (κ3) is 3.48. The van der Waals surface area contributed by atoms with Crippen molar-refractivity contribution >= 4 is 23.1 Å². The second-order valence-electron chi connectivity index (χ2n) is 3.98. The van der Waals surface area contributed by atoms with Crippen LogP contribution in [0.1, 0.15) is 31.1 Å². The van der Waals surface area contributed by atoms with Crippen molar-refractivity contribution in [2.75, 3.05) is 17.7 Å². The van der Waals surface area contributed by atoms with E-state index in [0.717, 1.165) is 0 Å². The van der Waals surface area contributed by atoms with Gasteiger partial charge in [-0.2, -0.15) is 0 Å². The largest absolute Gasteiger partial charge is 0.464 e. The molecule has 98 valence electrons. The van der Waals surface area contributed by atoms with E-state index in [1.54, 1.807) is 32.0 Å². The van der Waals surface area contributed by atoms with Gasteiger partial charge in [0.05, 0.1) is 6.61 Å². The molecule has 1 unspecified atom stereocenters. The summed E-state index contributed by atoms with van der Waals surface area (Å²) >= 11 is 0. The molecule has 0 aromatic heterocycles. The van der Waals surface area contributed by atoms with Crippen LogP contribution in [0, 0.1) is 0 Å². The first-order valence-corrected chi connectivity index (χ1v) is 5.79. The van der Waals surface area contributed by atoms with Crippen molar-refractivity contribution < 1.29 is 14.3 Å². The van der Waals surface area contributed by atoms with E-state index in [1.165, 1.54) is 6.92 Å². The van der Waals surface area contributed by atoms with Gasteiger partial charge in [0.15, 0.2) is 5.78 Å². The number of carbonyl (C=O) groups excluding carboxylic acids is 2. The Labute approximate surface area is 106 Å². The number of ketones is 1. The number of Topliss-reactive ketones (excluding diaryl/α,β-unsaturated/α-hetero) is 1. The molecule has 3 N–H and O–H groups in total. The summed E-state index contributed by atoms with van der Waals surface area (Å²) in [5.74, 6) is -0.413. The predicted octanol–water partition coefficient (Wildman–Crippen LogP) is 1.83. The Balaban J connectivity index is 2.77. The lowest BCUT2D eigenvalue weighted by Crippen LogP contribution is -2.28. The van der Waals surface area contributed by atoms with Crippen molar-refractivity contribution in [2.24, 2.45) is 0 Å². The van der Waals surface area contributed by atoms with Crippen LogP contribution >= 0.6 is 0 Å². The number of rotatable bonds is 5. The lowest BCUT2D eigenvalue weighted by Gasteiger charge is -2.14. The third-order valence-corrected chi connectivity index (χ3v) is 2.45. The Hall–Kier alpha value is -2.04. The first-order chi connectivity index (χ1) is 8.45. The second-order valence-corrected chi connectivity index (χ2v) is 3.98. The lowest BCUT2D eigenvalue weighted by atomic mass is 10.1. The number of nitrogen functional groups attached to an aromatic ring is 1. The van der Waals surface area contributed by atoms with Crippen LogP contribution in [-0.4, -0.2) is 24.4 Å². The summed E-state index contributed by atoms with van der Waals surface area (Å²) in [4.78, 5) is 22.7. The van der Waals surface area contributed by atoms with Crippen molar-refractivity contribution in [3.05, 3.63) is 23.8 Å². The molecule has 1 aromatic carbocycles. The van der Waals surface area contributed by atoms with E-state index >= 15 is 0 Å². The van der Waals surface area contributed by atoms with E-state index in [2.05, 4.69) is 5.32 Å². The van der Waals surface area contributed by atoms with E-state index in [9.17, 15) is 9.59 Å². The molecule has 0 heterocycles. The number of nitrogens with one attached hydrogen (secondary N) is 1. The molecule has 0 bridgehead atoms. The summed E-state index contributed by atoms with van der Waals surface area (Å²) in [7, 11) is 0. The second kappa shape index (κ2) is 6.05. The van der Waals surface area contributed by atoms with Crippen LogP contribution in [0.4, 0.5) is 11.4 Å². The molecule has 18 heavy (non-hydrogen) atoms. The molecular formula is C13H18N2O3. The molecule has 0 aliphatic heterocycles. The normalized spacial score (nSPS) is 11.7. The van der Waals surface area contributed by atoms with E-state index < -0.39 is 6.04 Å². The van der Waals surface area contributed by atoms with Gasteiger partial charge in [-0.05, 0) is 39.0 Å². The summed E-state index contributed by atoms with van der Waals surface area (Å²) in [6.07, 6.45) is 0. The third-order valence-electron chi connectivity index (χ3n) is 2.45. The van der Waals surface area contributed by atoms with Gasteiger partial charge in [-0.15, -0.1) is 0 Å². The van der Waals surface area contributed by atoms with Crippen LogP contribution in [0.25, 0.3) is 0 Å². The van der Waals surface area contributed by atoms with Crippen LogP contribution in [0.5, 0.6) is 0 Å². The topological polar surface area (TPSA) is 81.4 Å². The van der Waals surface area contributed by atoms with Gasteiger partial charge in [-0.25, -0.2) is 4.79 Å². The number of hydrogen-bond acceptors (Lipinski definition) is 5. The molecule has 0 spiro atoms. The summed E-state index contributed by atoms with van der Waals surface area (Å²) < 4.78 is 4.88. The molecule has 1 rings (SSSR count). The van der Waals surface area contributed by atoms with Crippen LogP contribution in [0.15, 0.2) is 18.2 Å². The first-order valence-electron chi connectivity index (χ1n) is 5.79. The molecule has 1 atom stereocenters. The van der Waals surface area contributed by atoms with Gasteiger partial charge in [0, 0.05) is 16.9 Å². The molecule has 0 fully saturated rings. The van der Waals surface area contributed by atoms with Crippen molar-refractivity contribution in [2.45, 2.75) is 26.8 Å². The Morgan fingerprint density at radius 1 is 1.44 bits per heavy atom. The Bertz CT molecular complexity index is 458. The maximum atomic E-state index is 11.4. The van der Waals surface area contributed by atoms with Gasteiger partial charge in [0.25, 0.3) is 0 Å². The Morgan fingerprint density at radius 2 is 2.11 bits per heavy atom. The number of benzene rings is 1. The zero-order valence-electron chi connectivity index (χ0n) is 10.8. The minimum atomic E-state index is -0.465. The zero-order valence-corrected chi connectivity index (χ0v) is 10.8. The minimum Gasteiger partial charge on any atom is -0.464 e. The Morgan fingerprint density at radius 3 is 2.61 bits per heavy atom. The van der Waals surface area contributed by atoms with Gasteiger partial charge < -0.3 is 15.8 Å². The standard InChI is InChI=1S/C13H18N2O3/c1-4-18-13(17)8(2)15-10-5-6-11(9(3)16)12(14)7-10/h5-8,15H,4,14H2,1-3H3. The van der Waals surface area contributed by atoms with E-state index in [-0.39, 0.29) is 11.8 Å². The van der Waals surface area contributed by atoms with Crippen LogP contribution in [0.3, 0.4) is 0 Å². The van der Waals surface area contributed by atoms with Gasteiger partial charge in [0.2, 0.25) is 0 Å². The molecule has 0 saturated heterocycles. The molecule has 0 aliphatic rings. The maximum Gasteiger partial charge on any atom is 0.328 e. The van der Waals surface area contributed by atoms with Crippen molar-refractivity contribution in [1.29, 1.82) is 0 Å². The molecule has 1 aromatic rings. The number of nitrogens with two attached hydrogens (primary N) is 1. The number of hydrogen-bond donors (Lipinski definition) is 2. The average Bonchev–Trinajstić information content (AvgIpc) is 2.28. The fourth-order valence-electron chi connectivity index (χ4n) is 1.55. The minimum absolute atomic E-state index is 0.0857. The molecule has 0 saturated carbocycles. The fraction of sp³-hybridized carbons (Fsp3) is 0.385. The van der Waals surface area contributed by atoms with E-state index in [4.69, 9.17) is 10.5 Å². The Kier molecular flexibility index (Phi) is 4.71. The number of carbonyl (C=O) groups is 2. The van der Waals surface area contributed by atoms with Crippen molar-refractivity contribution in [1.82, 2.24) is 0 Å². The average molecular weight is 250 g/mol. The van der Waals surface area contributed by atoms with Gasteiger partial charge in [0.1, 0.15) is 6.04 Å². The summed E-state index contributed by atoms with van der Waals surface area (Å²) in [5.41, 5.74) is 7.30. The van der Waals surface area contributed by atoms with E-state index in [1.807, 2.05) is 0 Å². The highest BCUT2D eigenvalue weighted by Gasteiger charge is 2.14. The molecule has 5 nitrogen and oxygen atoms in total. The van der Waals surface area contributed by atoms with Gasteiger partial charge >= 0.3 is 5.97 Å². The lowest BCUT2D eigenvalue weighted by molar-refractivity contribution is -0.143. The predicted molar refractivity (Wildman–Crippen MR) is 70.6 cm³/mol. The SMILES string of the molecule is CCOC(=O)C(C)Nc1ccc(C(C)=O)c(N)c1. The van der Waals surface area contributed by atoms with Crippen molar-refractivity contribution in [3.8, 4) is 0 Å². The number of esters is 1. The molecule has 0 radical (unpaired) electrons. The van der Waals surface area contributed by atoms with E-state index in [0.29, 0.717) is 23.5 Å². The van der Waals surface area contributed by atoms with Gasteiger partial charge in [-0.3, -0.25) is 4.79 Å². The number of anilines is 2. The fourth-order valence-corrected chi connectivity index (χ4v) is 1.55. The van der Waals surface area contributed by atoms with Crippen LogP contribution in [0.2, 0.25) is 0 Å².